The quantitative estimate of drug-likeness (QED) is 0.665. The lowest BCUT2D eigenvalue weighted by molar-refractivity contribution is -0.121. The van der Waals surface area contributed by atoms with Gasteiger partial charge in [-0.2, -0.15) is 5.10 Å². The molecule has 2 aromatic heterocycles. The molecule has 1 aliphatic heterocycles. The van der Waals surface area contributed by atoms with Gasteiger partial charge in [-0.1, -0.05) is 23.7 Å². The number of nitrogens with one attached hydrogen (secondary N) is 2. The first-order valence-electron chi connectivity index (χ1n) is 9.84. The average molecular weight is 424 g/mol. The number of halogens is 1. The third-order valence-corrected chi connectivity index (χ3v) is 5.66. The van der Waals surface area contributed by atoms with E-state index in [0.717, 1.165) is 18.4 Å². The van der Waals surface area contributed by atoms with Crippen molar-refractivity contribution in [2.45, 2.75) is 19.8 Å². The number of hydrogen-bond donors (Lipinski definition) is 2. The molecule has 154 valence electrons. The number of H-pyrrole nitrogens is 1. The maximum absolute atomic E-state index is 12.9. The number of carbonyl (C=O) groups is 2. The third-order valence-electron chi connectivity index (χ3n) is 5.25. The number of rotatable bonds is 4. The molecular weight excluding hydrogens is 402 g/mol. The van der Waals surface area contributed by atoms with E-state index in [4.69, 9.17) is 11.6 Å². The van der Waals surface area contributed by atoms with Crippen LogP contribution in [0.2, 0.25) is 5.02 Å². The van der Waals surface area contributed by atoms with Crippen LogP contribution in [0.5, 0.6) is 0 Å². The number of nitrogens with zero attached hydrogens (tertiary/aromatic N) is 3. The number of likely N-dealkylation sites (tertiary alicyclic amines) is 1. The zero-order valence-corrected chi connectivity index (χ0v) is 17.3. The van der Waals surface area contributed by atoms with Gasteiger partial charge in [-0.15, -0.1) is 0 Å². The second-order valence-electron chi connectivity index (χ2n) is 7.43. The fraction of sp³-hybridized carbons (Fsp3) is 0.273. The normalized spacial score (nSPS) is 16.3. The van der Waals surface area contributed by atoms with E-state index in [9.17, 15) is 9.59 Å². The summed E-state index contributed by atoms with van der Waals surface area (Å²) < 4.78 is 0. The molecule has 1 fully saturated rings. The van der Waals surface area contributed by atoms with E-state index in [-0.39, 0.29) is 17.7 Å². The highest BCUT2D eigenvalue weighted by Crippen LogP contribution is 2.24. The summed E-state index contributed by atoms with van der Waals surface area (Å²) in [5.41, 5.74) is 3.31. The molecule has 1 aromatic carbocycles. The van der Waals surface area contributed by atoms with Crippen LogP contribution in [0.1, 0.15) is 28.9 Å². The van der Waals surface area contributed by atoms with E-state index in [1.54, 1.807) is 23.2 Å². The SMILES string of the molecule is Cc1ccc(NC(=O)C2CCCN(C(=O)c3cc(-c4ccccn4)n[nH]3)C2)cc1Cl. The van der Waals surface area contributed by atoms with Crippen LogP contribution in [0.15, 0.2) is 48.7 Å². The van der Waals surface area contributed by atoms with Crippen LogP contribution < -0.4 is 5.32 Å². The number of aryl methyl sites for hydroxylation is 1. The first kappa shape index (κ1) is 20.1. The lowest BCUT2D eigenvalue weighted by atomic mass is 9.96. The largest absolute Gasteiger partial charge is 0.337 e. The van der Waals surface area contributed by atoms with Gasteiger partial charge in [0.05, 0.1) is 11.6 Å². The third kappa shape index (κ3) is 4.36. The first-order chi connectivity index (χ1) is 14.5. The summed E-state index contributed by atoms with van der Waals surface area (Å²) in [6.45, 7) is 2.88. The summed E-state index contributed by atoms with van der Waals surface area (Å²) in [5.74, 6) is -0.548. The Morgan fingerprint density at radius 1 is 1.20 bits per heavy atom. The van der Waals surface area contributed by atoms with Crippen LogP contribution in [0.3, 0.4) is 0 Å². The van der Waals surface area contributed by atoms with Gasteiger partial charge < -0.3 is 10.2 Å². The lowest BCUT2D eigenvalue weighted by Gasteiger charge is -2.31. The molecule has 0 spiro atoms. The van der Waals surface area contributed by atoms with Crippen molar-refractivity contribution < 1.29 is 9.59 Å². The molecule has 0 bridgehead atoms. The fourth-order valence-corrected chi connectivity index (χ4v) is 3.72. The van der Waals surface area contributed by atoms with Crippen molar-refractivity contribution in [2.75, 3.05) is 18.4 Å². The van der Waals surface area contributed by atoms with Crippen molar-refractivity contribution in [3.8, 4) is 11.4 Å². The van der Waals surface area contributed by atoms with Crippen LogP contribution in [0, 0.1) is 12.8 Å². The van der Waals surface area contributed by atoms with E-state index in [0.29, 0.717) is 40.9 Å². The van der Waals surface area contributed by atoms with Gasteiger partial charge in [0.15, 0.2) is 0 Å². The van der Waals surface area contributed by atoms with E-state index in [2.05, 4.69) is 20.5 Å². The van der Waals surface area contributed by atoms with Gasteiger partial charge in [0.1, 0.15) is 11.4 Å². The predicted molar refractivity (Wildman–Crippen MR) is 115 cm³/mol. The highest BCUT2D eigenvalue weighted by molar-refractivity contribution is 6.31. The molecule has 0 radical (unpaired) electrons. The summed E-state index contributed by atoms with van der Waals surface area (Å²) in [6.07, 6.45) is 3.18. The van der Waals surface area contributed by atoms with Crippen molar-refractivity contribution in [3.63, 3.8) is 0 Å². The smallest absolute Gasteiger partial charge is 0.271 e. The minimum absolute atomic E-state index is 0.105. The van der Waals surface area contributed by atoms with Crippen molar-refractivity contribution in [1.82, 2.24) is 20.1 Å². The summed E-state index contributed by atoms with van der Waals surface area (Å²) in [7, 11) is 0. The van der Waals surface area contributed by atoms with Gasteiger partial charge in [0.25, 0.3) is 5.91 Å². The molecule has 7 nitrogen and oxygen atoms in total. The Balaban J connectivity index is 1.42. The molecule has 0 aliphatic carbocycles. The van der Waals surface area contributed by atoms with Crippen LogP contribution >= 0.6 is 11.6 Å². The molecule has 1 aliphatic rings. The van der Waals surface area contributed by atoms with Gasteiger partial charge in [0, 0.05) is 30.0 Å². The van der Waals surface area contributed by atoms with Crippen LogP contribution in [-0.2, 0) is 4.79 Å². The van der Waals surface area contributed by atoms with Crippen LogP contribution in [0.4, 0.5) is 5.69 Å². The van der Waals surface area contributed by atoms with Crippen LogP contribution in [-0.4, -0.2) is 45.0 Å². The number of amides is 2. The predicted octanol–water partition coefficient (Wildman–Crippen LogP) is 3.92. The Morgan fingerprint density at radius 2 is 2.07 bits per heavy atom. The Hall–Kier alpha value is -3.19. The minimum Gasteiger partial charge on any atom is -0.337 e. The molecule has 8 heteroatoms. The summed E-state index contributed by atoms with van der Waals surface area (Å²) in [4.78, 5) is 31.6. The van der Waals surface area contributed by atoms with Gasteiger partial charge in [-0.3, -0.25) is 19.7 Å². The standard InChI is InChI=1S/C22H22ClN5O2/c1-14-7-8-16(11-17(14)23)25-21(29)15-5-4-10-28(13-15)22(30)20-12-19(26-27-20)18-6-2-3-9-24-18/h2-3,6-9,11-12,15H,4-5,10,13H2,1H3,(H,25,29)(H,26,27). The maximum atomic E-state index is 12.9. The molecule has 1 saturated heterocycles. The number of pyridine rings is 1. The molecule has 3 aromatic rings. The fourth-order valence-electron chi connectivity index (χ4n) is 3.54. The van der Waals surface area contributed by atoms with Crippen molar-refractivity contribution in [1.29, 1.82) is 0 Å². The zero-order valence-electron chi connectivity index (χ0n) is 16.6. The minimum atomic E-state index is -0.277. The molecule has 1 atom stereocenters. The Bertz CT molecular complexity index is 1070. The number of hydrogen-bond acceptors (Lipinski definition) is 4. The number of aromatic nitrogens is 3. The second-order valence-corrected chi connectivity index (χ2v) is 7.83. The summed E-state index contributed by atoms with van der Waals surface area (Å²) >= 11 is 6.14. The molecule has 30 heavy (non-hydrogen) atoms. The molecule has 3 heterocycles. The Morgan fingerprint density at radius 3 is 2.83 bits per heavy atom. The summed E-state index contributed by atoms with van der Waals surface area (Å²) in [5, 5.41) is 10.5. The van der Waals surface area contributed by atoms with E-state index in [1.165, 1.54) is 0 Å². The maximum Gasteiger partial charge on any atom is 0.271 e. The second kappa shape index (κ2) is 8.67. The monoisotopic (exact) mass is 423 g/mol. The van der Waals surface area contributed by atoms with E-state index in [1.807, 2.05) is 37.3 Å². The highest BCUT2D eigenvalue weighted by Gasteiger charge is 2.30. The average Bonchev–Trinajstić information content (AvgIpc) is 3.27. The van der Waals surface area contributed by atoms with E-state index >= 15 is 0 Å². The van der Waals surface area contributed by atoms with Crippen molar-refractivity contribution >= 4 is 29.1 Å². The first-order valence-corrected chi connectivity index (χ1v) is 10.2. The van der Waals surface area contributed by atoms with E-state index < -0.39 is 0 Å². The molecular formula is C22H22ClN5O2. The number of anilines is 1. The molecule has 0 saturated carbocycles. The molecule has 1 unspecified atom stereocenters. The van der Waals surface area contributed by atoms with Crippen molar-refractivity contribution in [2.24, 2.45) is 5.92 Å². The Labute approximate surface area is 179 Å². The number of benzene rings is 1. The number of carbonyl (C=O) groups excluding carboxylic acids is 2. The number of aromatic amines is 1. The Kier molecular flexibility index (Phi) is 5.81. The highest BCUT2D eigenvalue weighted by atomic mass is 35.5. The molecule has 2 N–H and O–H groups in total. The van der Waals surface area contributed by atoms with Gasteiger partial charge >= 0.3 is 0 Å². The van der Waals surface area contributed by atoms with Crippen molar-refractivity contribution in [3.05, 3.63) is 64.9 Å². The van der Waals surface area contributed by atoms with Gasteiger partial charge in [-0.25, -0.2) is 0 Å². The van der Waals surface area contributed by atoms with Gasteiger partial charge in [0.2, 0.25) is 5.91 Å². The zero-order chi connectivity index (χ0) is 21.1. The summed E-state index contributed by atoms with van der Waals surface area (Å²) in [6, 6.07) is 12.7. The lowest BCUT2D eigenvalue weighted by Crippen LogP contribution is -2.43. The van der Waals surface area contributed by atoms with Gasteiger partial charge in [-0.05, 0) is 55.7 Å². The molecule has 2 amide bonds. The topological polar surface area (TPSA) is 91.0 Å². The van der Waals surface area contributed by atoms with Crippen LogP contribution in [0.25, 0.3) is 11.4 Å². The number of piperidine rings is 1. The molecule has 4 rings (SSSR count).